The molecule has 0 unspecified atom stereocenters. The molecule has 0 amide bonds. The van der Waals surface area contributed by atoms with E-state index in [2.05, 4.69) is 58.3 Å². The Hall–Kier alpha value is -3.87. The maximum atomic E-state index is 5.96. The highest BCUT2D eigenvalue weighted by Gasteiger charge is 2.25. The summed E-state index contributed by atoms with van der Waals surface area (Å²) in [7, 11) is 0. The molecule has 2 saturated heterocycles. The molecule has 7 nitrogen and oxygen atoms in total. The molecular formula is C31H33N5O2. The van der Waals surface area contributed by atoms with Gasteiger partial charge in [0.05, 0.1) is 12.1 Å². The molecule has 0 N–H and O–H groups in total. The van der Waals surface area contributed by atoms with Crippen molar-refractivity contribution in [3.05, 3.63) is 89.2 Å². The van der Waals surface area contributed by atoms with E-state index >= 15 is 0 Å². The Balaban J connectivity index is 0.985. The molecule has 0 saturated carbocycles. The average Bonchev–Trinajstić information content (AvgIpc) is 3.54. The van der Waals surface area contributed by atoms with E-state index in [-0.39, 0.29) is 12.1 Å². The van der Waals surface area contributed by atoms with Crippen molar-refractivity contribution in [1.29, 1.82) is 0 Å². The monoisotopic (exact) mass is 507 g/mol. The largest absolute Gasteiger partial charge is 0.474 e. The fraction of sp³-hybridized carbons (Fsp3) is 0.387. The van der Waals surface area contributed by atoms with Crippen molar-refractivity contribution in [2.24, 2.45) is 9.98 Å². The van der Waals surface area contributed by atoms with Gasteiger partial charge in [0, 0.05) is 37.6 Å². The van der Waals surface area contributed by atoms with E-state index in [0.29, 0.717) is 25.0 Å². The van der Waals surface area contributed by atoms with Crippen molar-refractivity contribution >= 4 is 23.2 Å². The molecule has 7 heteroatoms. The number of aromatic nitrogens is 1. The second-order valence-electron chi connectivity index (χ2n) is 10.6. The lowest BCUT2D eigenvalue weighted by atomic mass is 10.1. The lowest BCUT2D eigenvalue weighted by molar-refractivity contribution is 0.314. The summed E-state index contributed by atoms with van der Waals surface area (Å²) in [6.45, 7) is 5.82. The number of benzene rings is 2. The molecule has 1 aromatic heterocycles. The van der Waals surface area contributed by atoms with Crippen molar-refractivity contribution in [3.8, 4) is 0 Å². The topological polar surface area (TPSA) is 62.5 Å². The zero-order valence-electron chi connectivity index (χ0n) is 21.6. The molecule has 2 fully saturated rings. The van der Waals surface area contributed by atoms with Crippen molar-refractivity contribution in [2.75, 3.05) is 49.2 Å². The van der Waals surface area contributed by atoms with E-state index in [1.54, 1.807) is 0 Å². The van der Waals surface area contributed by atoms with Gasteiger partial charge in [-0.15, -0.1) is 0 Å². The van der Waals surface area contributed by atoms with Crippen molar-refractivity contribution in [1.82, 2.24) is 4.98 Å². The van der Waals surface area contributed by atoms with Crippen molar-refractivity contribution in [2.45, 2.75) is 37.8 Å². The number of anilines is 2. The van der Waals surface area contributed by atoms with Crippen LogP contribution >= 0.6 is 0 Å². The fourth-order valence-corrected chi connectivity index (χ4v) is 5.37. The molecular weight excluding hydrogens is 474 g/mol. The molecule has 7 rings (SSSR count). The molecule has 4 aliphatic heterocycles. The minimum Gasteiger partial charge on any atom is -0.474 e. The van der Waals surface area contributed by atoms with Crippen LogP contribution in [0.3, 0.4) is 0 Å². The fourth-order valence-electron chi connectivity index (χ4n) is 5.37. The molecule has 2 aromatic carbocycles. The van der Waals surface area contributed by atoms with E-state index in [1.807, 2.05) is 18.2 Å². The SMILES string of the molecule is c1cc(C2=N[C@@H](Cc3ccc(N4CCC4)cc3)CO2)nc(C2=N[C@@H](Cc3ccc(N4CCC4)cc3)CO2)c1. The number of ether oxygens (including phenoxy) is 2. The van der Waals surface area contributed by atoms with Gasteiger partial charge in [-0.25, -0.2) is 15.0 Å². The van der Waals surface area contributed by atoms with Crippen LogP contribution in [0.1, 0.15) is 35.4 Å². The maximum absolute atomic E-state index is 5.96. The van der Waals surface area contributed by atoms with E-state index < -0.39 is 0 Å². The molecule has 0 bridgehead atoms. The number of hydrogen-bond acceptors (Lipinski definition) is 7. The summed E-state index contributed by atoms with van der Waals surface area (Å²) in [4.78, 5) is 19.3. The van der Waals surface area contributed by atoms with Gasteiger partial charge in [-0.1, -0.05) is 30.3 Å². The lowest BCUT2D eigenvalue weighted by Gasteiger charge is -2.33. The van der Waals surface area contributed by atoms with Gasteiger partial charge in [0.1, 0.15) is 24.6 Å². The molecule has 5 heterocycles. The Kier molecular flexibility index (Phi) is 6.20. The van der Waals surface area contributed by atoms with Crippen LogP contribution < -0.4 is 9.80 Å². The minimum absolute atomic E-state index is 0.0993. The van der Waals surface area contributed by atoms with Crippen LogP contribution in [0.5, 0.6) is 0 Å². The van der Waals surface area contributed by atoms with E-state index in [0.717, 1.165) is 24.2 Å². The number of pyridine rings is 1. The number of hydrogen-bond donors (Lipinski definition) is 0. The van der Waals surface area contributed by atoms with Gasteiger partial charge in [-0.3, -0.25) is 0 Å². The van der Waals surface area contributed by atoms with Crippen LogP contribution in [-0.2, 0) is 22.3 Å². The number of aliphatic imine (C=N–C) groups is 2. The van der Waals surface area contributed by atoms with Crippen LogP contribution in [-0.4, -0.2) is 68.3 Å². The second-order valence-corrected chi connectivity index (χ2v) is 10.6. The van der Waals surface area contributed by atoms with Gasteiger partial charge in [0.25, 0.3) is 0 Å². The van der Waals surface area contributed by atoms with Crippen LogP contribution in [0.25, 0.3) is 0 Å². The van der Waals surface area contributed by atoms with Gasteiger partial charge in [0.15, 0.2) is 0 Å². The predicted molar refractivity (Wildman–Crippen MR) is 151 cm³/mol. The summed E-state index contributed by atoms with van der Waals surface area (Å²) in [5.74, 6) is 1.21. The molecule has 194 valence electrons. The molecule has 3 aromatic rings. The maximum Gasteiger partial charge on any atom is 0.235 e. The Morgan fingerprint density at radius 3 is 1.45 bits per heavy atom. The summed E-state index contributed by atoms with van der Waals surface area (Å²) >= 11 is 0. The van der Waals surface area contributed by atoms with Gasteiger partial charge >= 0.3 is 0 Å². The molecule has 0 aliphatic carbocycles. The van der Waals surface area contributed by atoms with Gasteiger partial charge < -0.3 is 19.3 Å². The van der Waals surface area contributed by atoms with Crippen LogP contribution in [0.2, 0.25) is 0 Å². The molecule has 0 spiro atoms. The van der Waals surface area contributed by atoms with Crippen LogP contribution in [0.15, 0.2) is 76.7 Å². The van der Waals surface area contributed by atoms with E-state index in [4.69, 9.17) is 24.4 Å². The number of nitrogens with zero attached hydrogens (tertiary/aromatic N) is 5. The smallest absolute Gasteiger partial charge is 0.235 e. The quantitative estimate of drug-likeness (QED) is 0.456. The Labute approximate surface area is 223 Å². The zero-order chi connectivity index (χ0) is 25.3. The first-order chi connectivity index (χ1) is 18.8. The van der Waals surface area contributed by atoms with Crippen LogP contribution in [0.4, 0.5) is 11.4 Å². The Morgan fingerprint density at radius 1 is 0.605 bits per heavy atom. The molecule has 4 aliphatic rings. The predicted octanol–water partition coefficient (Wildman–Crippen LogP) is 4.28. The van der Waals surface area contributed by atoms with Crippen molar-refractivity contribution < 1.29 is 9.47 Å². The van der Waals surface area contributed by atoms with Gasteiger partial charge in [-0.05, 0) is 73.2 Å². The highest BCUT2D eigenvalue weighted by Crippen LogP contribution is 2.24. The summed E-state index contributed by atoms with van der Waals surface area (Å²) < 4.78 is 11.9. The van der Waals surface area contributed by atoms with Gasteiger partial charge in [-0.2, -0.15) is 0 Å². The Morgan fingerprint density at radius 2 is 1.05 bits per heavy atom. The average molecular weight is 508 g/mol. The molecule has 0 radical (unpaired) electrons. The molecule has 2 atom stereocenters. The normalized spacial score (nSPS) is 22.2. The third kappa shape index (κ3) is 4.85. The summed E-state index contributed by atoms with van der Waals surface area (Å²) in [5, 5.41) is 0. The third-order valence-electron chi connectivity index (χ3n) is 7.87. The van der Waals surface area contributed by atoms with Gasteiger partial charge in [0.2, 0.25) is 11.8 Å². The summed E-state index contributed by atoms with van der Waals surface area (Å²) in [6.07, 6.45) is 4.31. The first-order valence-electron chi connectivity index (χ1n) is 13.8. The zero-order valence-corrected chi connectivity index (χ0v) is 21.6. The summed E-state index contributed by atoms with van der Waals surface area (Å²) in [5.41, 5.74) is 6.65. The van der Waals surface area contributed by atoms with Crippen molar-refractivity contribution in [3.63, 3.8) is 0 Å². The summed E-state index contributed by atoms with van der Waals surface area (Å²) in [6, 6.07) is 23.8. The number of rotatable bonds is 8. The third-order valence-corrected chi connectivity index (χ3v) is 7.87. The van der Waals surface area contributed by atoms with E-state index in [1.165, 1.54) is 61.5 Å². The highest BCUT2D eigenvalue weighted by molar-refractivity contribution is 5.97. The highest BCUT2D eigenvalue weighted by atomic mass is 16.5. The standard InChI is InChI=1S/C31H33N5O2/c1-4-28(30-32-24(20-37-30)18-22-6-10-26(11-7-22)35-14-2-15-35)34-29(5-1)31-33-25(21-38-31)19-23-8-12-27(13-9-23)36-16-3-17-36/h1,4-13,24-25H,2-3,14-21H2/t24-,25-/m0/s1. The second kappa shape index (κ2) is 10.1. The Bertz CT molecular complexity index is 1240. The minimum atomic E-state index is 0.0993. The lowest BCUT2D eigenvalue weighted by Crippen LogP contribution is -2.36. The first kappa shape index (κ1) is 23.3. The molecule has 38 heavy (non-hydrogen) atoms. The van der Waals surface area contributed by atoms with E-state index in [9.17, 15) is 0 Å². The first-order valence-corrected chi connectivity index (χ1v) is 13.8. The van der Waals surface area contributed by atoms with Crippen LogP contribution in [0, 0.1) is 0 Å².